The van der Waals surface area contributed by atoms with Crippen molar-refractivity contribution in [3.05, 3.63) is 119 Å². The van der Waals surface area contributed by atoms with E-state index in [1.54, 1.807) is 97.1 Å². The first-order valence-electron chi connectivity index (χ1n) is 21.0. The van der Waals surface area contributed by atoms with Crippen molar-refractivity contribution in [2.45, 2.75) is 12.2 Å². The maximum absolute atomic E-state index is 13.4. The molecule has 0 radical (unpaired) electrons. The molecule has 64 heavy (non-hydrogen) atoms. The molecular formula is C46H50N6O12. The number of fused-ring (bicyclic) bond motifs is 4. The molecule has 1 saturated heterocycles. The lowest BCUT2D eigenvalue weighted by Crippen LogP contribution is -2.50. The van der Waals surface area contributed by atoms with Crippen LogP contribution >= 0.6 is 0 Å². The third-order valence-corrected chi connectivity index (χ3v) is 10.4. The van der Waals surface area contributed by atoms with Crippen LogP contribution in [0.15, 0.2) is 97.1 Å². The minimum Gasteiger partial charge on any atom is -0.489 e. The zero-order valence-electron chi connectivity index (χ0n) is 35.1. The van der Waals surface area contributed by atoms with E-state index in [1.165, 1.54) is 0 Å². The summed E-state index contributed by atoms with van der Waals surface area (Å²) in [6, 6.07) is 26.8. The fourth-order valence-corrected chi connectivity index (χ4v) is 7.09. The van der Waals surface area contributed by atoms with E-state index >= 15 is 0 Å². The van der Waals surface area contributed by atoms with Crippen LogP contribution in [0.2, 0.25) is 0 Å². The number of ether oxygens (including phenoxy) is 6. The summed E-state index contributed by atoms with van der Waals surface area (Å²) in [7, 11) is 0. The minimum atomic E-state index is -0.917. The van der Waals surface area contributed by atoms with Gasteiger partial charge in [-0.15, -0.1) is 0 Å². The fourth-order valence-electron chi connectivity index (χ4n) is 7.09. The van der Waals surface area contributed by atoms with Crippen molar-refractivity contribution in [2.75, 3.05) is 91.9 Å². The molecule has 7 rings (SSSR count). The number of benzene rings is 4. The summed E-state index contributed by atoms with van der Waals surface area (Å²) in [5.74, 6) is -1.45. The summed E-state index contributed by atoms with van der Waals surface area (Å²) in [4.78, 5) is 82.5. The Morgan fingerprint density at radius 1 is 0.438 bits per heavy atom. The molecular weight excluding hydrogens is 829 g/mol. The van der Waals surface area contributed by atoms with Crippen molar-refractivity contribution < 1.29 is 57.2 Å². The van der Waals surface area contributed by atoms with Crippen LogP contribution in [0.5, 0.6) is 23.0 Å². The molecule has 4 aromatic carbocycles. The molecule has 336 valence electrons. The van der Waals surface area contributed by atoms with Gasteiger partial charge in [-0.25, -0.2) is 0 Å². The molecule has 18 heteroatoms. The molecule has 4 N–H and O–H groups in total. The van der Waals surface area contributed by atoms with Crippen molar-refractivity contribution in [3.63, 3.8) is 0 Å². The number of hydrogen-bond donors (Lipinski definition) is 4. The number of hydrogen-bond acceptors (Lipinski definition) is 14. The van der Waals surface area contributed by atoms with Crippen LogP contribution in [0.25, 0.3) is 0 Å². The quantitative estimate of drug-likeness (QED) is 0.203. The molecule has 3 heterocycles. The fraction of sp³-hybridized carbons (Fsp3) is 0.348. The van der Waals surface area contributed by atoms with E-state index in [0.29, 0.717) is 49.2 Å². The molecule has 1 fully saturated rings. The van der Waals surface area contributed by atoms with Gasteiger partial charge >= 0.3 is 11.9 Å². The molecule has 0 spiro atoms. The Balaban J connectivity index is 0.944. The molecule has 0 aliphatic carbocycles. The molecule has 18 nitrogen and oxygen atoms in total. The molecule has 3 aliphatic rings. The summed E-state index contributed by atoms with van der Waals surface area (Å²) in [5, 5.41) is 11.1. The number of nitrogens with one attached hydrogen (secondary N) is 4. The summed E-state index contributed by atoms with van der Waals surface area (Å²) < 4.78 is 35.9. The van der Waals surface area contributed by atoms with Gasteiger partial charge in [0.25, 0.3) is 23.6 Å². The predicted octanol–water partition coefficient (Wildman–Crippen LogP) is 1.69. The highest BCUT2D eigenvalue weighted by Gasteiger charge is 2.27. The lowest BCUT2D eigenvalue weighted by molar-refractivity contribution is -0.156. The first kappa shape index (κ1) is 44.9. The van der Waals surface area contributed by atoms with Crippen molar-refractivity contribution >= 4 is 35.6 Å². The molecule has 0 bridgehead atoms. The predicted molar refractivity (Wildman–Crippen MR) is 230 cm³/mol. The van der Waals surface area contributed by atoms with Crippen molar-refractivity contribution in [3.8, 4) is 23.0 Å². The first-order chi connectivity index (χ1) is 31.2. The van der Waals surface area contributed by atoms with Crippen LogP contribution in [0, 0.1) is 0 Å². The molecule has 0 unspecified atom stereocenters. The van der Waals surface area contributed by atoms with Gasteiger partial charge < -0.3 is 49.7 Å². The van der Waals surface area contributed by atoms with Gasteiger partial charge in [-0.3, -0.25) is 38.6 Å². The molecule has 0 aromatic heterocycles. The third kappa shape index (κ3) is 12.5. The van der Waals surface area contributed by atoms with Gasteiger partial charge in [-0.2, -0.15) is 0 Å². The van der Waals surface area contributed by atoms with Gasteiger partial charge in [-0.1, -0.05) is 48.5 Å². The molecule has 3 aliphatic heterocycles. The van der Waals surface area contributed by atoms with E-state index in [2.05, 4.69) is 21.3 Å². The Bertz CT molecular complexity index is 2010. The summed E-state index contributed by atoms with van der Waals surface area (Å²) in [5.41, 5.74) is 1.13. The average Bonchev–Trinajstić information content (AvgIpc) is 3.31. The largest absolute Gasteiger partial charge is 0.489 e. The molecule has 0 saturated carbocycles. The zero-order valence-corrected chi connectivity index (χ0v) is 35.1. The average molecular weight is 879 g/mol. The maximum Gasteiger partial charge on any atom is 0.320 e. The van der Waals surface area contributed by atoms with E-state index in [1.807, 2.05) is 9.80 Å². The number of para-hydroxylation sites is 4. The van der Waals surface area contributed by atoms with Gasteiger partial charge in [-0.05, 0) is 48.5 Å². The van der Waals surface area contributed by atoms with Crippen molar-refractivity contribution in [1.82, 2.24) is 31.1 Å². The highest BCUT2D eigenvalue weighted by Crippen LogP contribution is 2.23. The van der Waals surface area contributed by atoms with Gasteiger partial charge in [0.2, 0.25) is 0 Å². The summed E-state index contributed by atoms with van der Waals surface area (Å²) in [6.07, 6.45) is -1.83. The van der Waals surface area contributed by atoms with Crippen LogP contribution in [0.4, 0.5) is 0 Å². The molecule has 4 amide bonds. The second kappa shape index (κ2) is 22.3. The van der Waals surface area contributed by atoms with E-state index in [0.717, 1.165) is 0 Å². The van der Waals surface area contributed by atoms with Gasteiger partial charge in [0.1, 0.15) is 49.4 Å². The third-order valence-electron chi connectivity index (χ3n) is 10.4. The number of piperazine rings is 1. The lowest BCUT2D eigenvalue weighted by atomic mass is 10.2. The second-order valence-electron chi connectivity index (χ2n) is 15.0. The number of rotatable bonds is 6. The maximum atomic E-state index is 13.4. The standard InChI is InChI=1S/C46H50N6O12/c53-41(63-31-27-59-37-13-5-1-9-33(37)43(55)47-17-18-48-44(56)34-10-2-6-14-38(34)60-28-31)25-51-21-23-52(24-22-51)26-42(54)64-32-29-61-39-15-7-3-11-35(39)45(57)49-19-20-50-46(58)36-12-4-8-16-40(36)62-30-32/h1-16,31-32H,17-30H2,(H,47,55)(H,48,56)(H,49,57)(H,50,58). The Labute approximate surface area is 369 Å². The Morgan fingerprint density at radius 2 is 0.688 bits per heavy atom. The van der Waals surface area contributed by atoms with Crippen LogP contribution in [0.3, 0.4) is 0 Å². The van der Waals surface area contributed by atoms with Crippen molar-refractivity contribution in [2.24, 2.45) is 0 Å². The number of carbonyl (C=O) groups is 6. The van der Waals surface area contributed by atoms with E-state index in [4.69, 9.17) is 28.4 Å². The summed E-state index contributed by atoms with van der Waals surface area (Å²) >= 11 is 0. The number of carbonyl (C=O) groups excluding carboxylic acids is 6. The van der Waals surface area contributed by atoms with Crippen molar-refractivity contribution in [1.29, 1.82) is 0 Å². The Morgan fingerprint density at radius 3 is 0.953 bits per heavy atom. The normalized spacial score (nSPS) is 17.8. The summed E-state index contributed by atoms with van der Waals surface area (Å²) in [6.45, 7) is 1.85. The smallest absolute Gasteiger partial charge is 0.320 e. The molecule has 0 atom stereocenters. The van der Waals surface area contributed by atoms with E-state index < -0.39 is 24.1 Å². The van der Waals surface area contributed by atoms with E-state index in [-0.39, 0.29) is 112 Å². The number of esters is 2. The van der Waals surface area contributed by atoms with Gasteiger partial charge in [0.15, 0.2) is 12.2 Å². The van der Waals surface area contributed by atoms with Crippen LogP contribution in [-0.2, 0) is 19.1 Å². The van der Waals surface area contributed by atoms with Crippen LogP contribution < -0.4 is 40.2 Å². The second-order valence-corrected chi connectivity index (χ2v) is 15.0. The lowest BCUT2D eigenvalue weighted by Gasteiger charge is -2.34. The van der Waals surface area contributed by atoms with Gasteiger partial charge in [0.05, 0.1) is 35.3 Å². The Kier molecular flexibility index (Phi) is 15.6. The zero-order chi connectivity index (χ0) is 44.7. The van der Waals surface area contributed by atoms with Crippen LogP contribution in [0.1, 0.15) is 41.4 Å². The monoisotopic (exact) mass is 878 g/mol. The molecule has 4 aromatic rings. The SMILES string of the molecule is O=C(CN1CCN(CC(=O)OC2COc3ccccc3C(=O)NCCNC(=O)c3ccccc3OC2)CC1)OC1COc2ccccc2C(=O)NCCNC(=O)c2ccccc2OC1. The van der Waals surface area contributed by atoms with Gasteiger partial charge in [0, 0.05) is 52.4 Å². The first-order valence-corrected chi connectivity index (χ1v) is 21.0. The van der Waals surface area contributed by atoms with E-state index in [9.17, 15) is 28.8 Å². The Hall–Kier alpha value is -7.18. The highest BCUT2D eigenvalue weighted by atomic mass is 16.6. The topological polar surface area (TPSA) is 212 Å². The number of amides is 4. The van der Waals surface area contributed by atoms with Crippen LogP contribution in [-0.4, -0.2) is 149 Å². The number of nitrogens with zero attached hydrogens (tertiary/aromatic N) is 2. The minimum absolute atomic E-state index is 0.0531. The highest BCUT2D eigenvalue weighted by molar-refractivity contribution is 5.99.